The average Bonchev–Trinajstić information content (AvgIpc) is 3.12. The summed E-state index contributed by atoms with van der Waals surface area (Å²) in [4.78, 5) is 23.8. The number of fused-ring (bicyclic) bond motifs is 1. The van der Waals surface area contributed by atoms with Gasteiger partial charge in [0.15, 0.2) is 0 Å². The molecule has 1 amide bonds. The van der Waals surface area contributed by atoms with Crippen molar-refractivity contribution < 1.29 is 4.79 Å². The van der Waals surface area contributed by atoms with E-state index in [9.17, 15) is 4.79 Å². The second-order valence-corrected chi connectivity index (χ2v) is 6.69. The Morgan fingerprint density at radius 3 is 2.96 bits per heavy atom. The maximum absolute atomic E-state index is 13.0. The first-order valence-electron chi connectivity index (χ1n) is 9.04. The minimum absolute atomic E-state index is 0.00886. The summed E-state index contributed by atoms with van der Waals surface area (Å²) >= 11 is 0. The van der Waals surface area contributed by atoms with Gasteiger partial charge in [-0.1, -0.05) is 18.2 Å². The highest BCUT2D eigenvalue weighted by atomic mass is 16.2. The number of aromatic nitrogens is 3. The molecular formula is C20H23N5O. The summed E-state index contributed by atoms with van der Waals surface area (Å²) < 4.78 is 1.99. The van der Waals surface area contributed by atoms with Crippen LogP contribution in [0.25, 0.3) is 10.9 Å². The number of pyridine rings is 1. The number of piperazine rings is 1. The zero-order valence-corrected chi connectivity index (χ0v) is 14.9. The van der Waals surface area contributed by atoms with Gasteiger partial charge in [-0.25, -0.2) is 4.98 Å². The molecular weight excluding hydrogens is 326 g/mol. The summed E-state index contributed by atoms with van der Waals surface area (Å²) in [6.45, 7) is 2.28. The normalized spacial score (nSPS) is 17.6. The number of imidazole rings is 1. The molecule has 0 spiro atoms. The highest BCUT2D eigenvalue weighted by Crippen LogP contribution is 2.23. The molecule has 0 radical (unpaired) electrons. The average molecular weight is 349 g/mol. The molecule has 6 nitrogen and oxygen atoms in total. The number of aryl methyl sites for hydroxylation is 2. The van der Waals surface area contributed by atoms with Crippen LogP contribution in [0.2, 0.25) is 0 Å². The molecule has 2 aromatic heterocycles. The Kier molecular flexibility index (Phi) is 4.67. The van der Waals surface area contributed by atoms with Crippen molar-refractivity contribution in [1.82, 2.24) is 24.8 Å². The molecule has 26 heavy (non-hydrogen) atoms. The van der Waals surface area contributed by atoms with E-state index in [1.165, 1.54) is 5.56 Å². The number of carbonyl (C=O) groups excluding carboxylic acids is 1. The zero-order valence-electron chi connectivity index (χ0n) is 14.9. The molecule has 3 aromatic rings. The van der Waals surface area contributed by atoms with Crippen molar-refractivity contribution in [3.8, 4) is 0 Å². The van der Waals surface area contributed by atoms with Gasteiger partial charge in [0.2, 0.25) is 5.91 Å². The lowest BCUT2D eigenvalue weighted by molar-refractivity contribution is -0.134. The monoisotopic (exact) mass is 349 g/mol. The molecule has 6 heteroatoms. The number of rotatable bonds is 4. The van der Waals surface area contributed by atoms with Gasteiger partial charge in [0.25, 0.3) is 0 Å². The summed E-state index contributed by atoms with van der Waals surface area (Å²) in [6.07, 6.45) is 6.75. The fourth-order valence-corrected chi connectivity index (χ4v) is 3.69. The Hall–Kier alpha value is -2.73. The summed E-state index contributed by atoms with van der Waals surface area (Å²) in [5, 5.41) is 4.51. The summed E-state index contributed by atoms with van der Waals surface area (Å²) in [6, 6.07) is 10.1. The van der Waals surface area contributed by atoms with Crippen LogP contribution < -0.4 is 5.32 Å². The maximum Gasteiger partial charge on any atom is 0.223 e. The minimum atomic E-state index is -0.00886. The highest BCUT2D eigenvalue weighted by Gasteiger charge is 2.30. The largest absolute Gasteiger partial charge is 0.336 e. The number of nitrogens with one attached hydrogen (secondary N) is 1. The first-order chi connectivity index (χ1) is 12.7. The topological polar surface area (TPSA) is 63.1 Å². The van der Waals surface area contributed by atoms with Gasteiger partial charge in [0, 0.05) is 57.1 Å². The van der Waals surface area contributed by atoms with E-state index >= 15 is 0 Å². The Bertz CT molecular complexity index is 914. The van der Waals surface area contributed by atoms with Gasteiger partial charge in [-0.3, -0.25) is 9.78 Å². The van der Waals surface area contributed by atoms with Crippen LogP contribution in [0, 0.1) is 0 Å². The van der Waals surface area contributed by atoms with Crippen LogP contribution in [-0.2, 0) is 18.3 Å². The molecule has 1 aromatic carbocycles. The lowest BCUT2D eigenvalue weighted by Crippen LogP contribution is -2.49. The predicted octanol–water partition coefficient (Wildman–Crippen LogP) is 2.07. The van der Waals surface area contributed by atoms with E-state index in [4.69, 9.17) is 0 Å². The molecule has 1 unspecified atom stereocenters. The second kappa shape index (κ2) is 7.25. The first-order valence-corrected chi connectivity index (χ1v) is 9.04. The Morgan fingerprint density at radius 1 is 1.23 bits per heavy atom. The van der Waals surface area contributed by atoms with E-state index in [0.29, 0.717) is 13.0 Å². The smallest absolute Gasteiger partial charge is 0.223 e. The lowest BCUT2D eigenvalue weighted by Gasteiger charge is -2.36. The number of hydrogen-bond acceptors (Lipinski definition) is 4. The van der Waals surface area contributed by atoms with Gasteiger partial charge in [0.1, 0.15) is 11.9 Å². The Balaban J connectivity index is 1.50. The maximum atomic E-state index is 13.0. The number of benzene rings is 1. The quantitative estimate of drug-likeness (QED) is 0.783. The number of para-hydroxylation sites is 1. The van der Waals surface area contributed by atoms with Crippen molar-refractivity contribution in [2.75, 3.05) is 19.6 Å². The van der Waals surface area contributed by atoms with E-state index in [0.717, 1.165) is 36.2 Å². The molecule has 0 saturated carbocycles. The van der Waals surface area contributed by atoms with Gasteiger partial charge in [-0.05, 0) is 24.1 Å². The van der Waals surface area contributed by atoms with Crippen LogP contribution in [-0.4, -0.2) is 45.0 Å². The molecule has 1 N–H and O–H groups in total. The third kappa shape index (κ3) is 3.20. The Morgan fingerprint density at radius 2 is 2.12 bits per heavy atom. The molecule has 0 bridgehead atoms. The molecule has 1 fully saturated rings. The molecule has 1 saturated heterocycles. The molecule has 3 heterocycles. The number of nitrogens with zero attached hydrogens (tertiary/aromatic N) is 4. The van der Waals surface area contributed by atoms with Crippen LogP contribution in [0.5, 0.6) is 0 Å². The highest BCUT2D eigenvalue weighted by molar-refractivity contribution is 5.83. The van der Waals surface area contributed by atoms with Crippen molar-refractivity contribution in [2.45, 2.75) is 18.9 Å². The fraction of sp³-hybridized carbons (Fsp3) is 0.350. The van der Waals surface area contributed by atoms with Gasteiger partial charge < -0.3 is 14.8 Å². The third-order valence-corrected chi connectivity index (χ3v) is 5.07. The molecule has 1 aliphatic heterocycles. The minimum Gasteiger partial charge on any atom is -0.336 e. The number of amides is 1. The van der Waals surface area contributed by atoms with Crippen molar-refractivity contribution in [3.63, 3.8) is 0 Å². The summed E-state index contributed by atoms with van der Waals surface area (Å²) in [7, 11) is 1.97. The lowest BCUT2D eigenvalue weighted by atomic mass is 10.0. The SMILES string of the molecule is Cn1ccnc1C1CNCCN1C(=O)CCc1ccnc2ccccc12. The first kappa shape index (κ1) is 16.7. The van der Waals surface area contributed by atoms with Crippen molar-refractivity contribution in [3.05, 3.63) is 60.3 Å². The molecule has 0 aliphatic carbocycles. The van der Waals surface area contributed by atoms with E-state index in [1.807, 2.05) is 53.2 Å². The molecule has 1 aliphatic rings. The second-order valence-electron chi connectivity index (χ2n) is 6.69. The van der Waals surface area contributed by atoms with Crippen LogP contribution >= 0.6 is 0 Å². The standard InChI is InChI=1S/C20H23N5O/c1-24-12-11-23-20(24)18-14-21-10-13-25(18)19(26)7-6-15-8-9-22-17-5-3-2-4-16(15)17/h2-5,8-9,11-12,18,21H,6-7,10,13-14H2,1H3. The number of hydrogen-bond donors (Lipinski definition) is 1. The van der Waals surface area contributed by atoms with Crippen molar-refractivity contribution in [2.24, 2.45) is 7.05 Å². The number of carbonyl (C=O) groups is 1. The van der Waals surface area contributed by atoms with Gasteiger partial charge in [-0.15, -0.1) is 0 Å². The van der Waals surface area contributed by atoms with E-state index in [-0.39, 0.29) is 11.9 Å². The molecule has 1 atom stereocenters. The summed E-state index contributed by atoms with van der Waals surface area (Å²) in [5.74, 6) is 1.11. The van der Waals surface area contributed by atoms with Crippen molar-refractivity contribution >= 4 is 16.8 Å². The molecule has 134 valence electrons. The van der Waals surface area contributed by atoms with Crippen LogP contribution in [0.15, 0.2) is 48.9 Å². The van der Waals surface area contributed by atoms with Gasteiger partial charge in [0.05, 0.1) is 5.52 Å². The van der Waals surface area contributed by atoms with Crippen LogP contribution in [0.1, 0.15) is 23.9 Å². The van der Waals surface area contributed by atoms with Gasteiger partial charge >= 0.3 is 0 Å². The fourth-order valence-electron chi connectivity index (χ4n) is 3.69. The molecule has 4 rings (SSSR count). The summed E-state index contributed by atoms with van der Waals surface area (Å²) in [5.41, 5.74) is 2.15. The third-order valence-electron chi connectivity index (χ3n) is 5.07. The predicted molar refractivity (Wildman–Crippen MR) is 101 cm³/mol. The Labute approximate surface area is 152 Å². The zero-order chi connectivity index (χ0) is 17.9. The van der Waals surface area contributed by atoms with Gasteiger partial charge in [-0.2, -0.15) is 0 Å². The van der Waals surface area contributed by atoms with Crippen LogP contribution in [0.4, 0.5) is 0 Å². The van der Waals surface area contributed by atoms with E-state index < -0.39 is 0 Å². The van der Waals surface area contributed by atoms with Crippen molar-refractivity contribution in [1.29, 1.82) is 0 Å². The van der Waals surface area contributed by atoms with E-state index in [1.54, 1.807) is 6.20 Å². The van der Waals surface area contributed by atoms with Crippen LogP contribution in [0.3, 0.4) is 0 Å². The van der Waals surface area contributed by atoms with E-state index in [2.05, 4.69) is 21.4 Å².